The van der Waals surface area contributed by atoms with Gasteiger partial charge in [-0.25, -0.2) is 18.2 Å². The zero-order valence-electron chi connectivity index (χ0n) is 21.4. The minimum atomic E-state index is -1.47. The number of oxime groups is 1. The van der Waals surface area contributed by atoms with Gasteiger partial charge in [0, 0.05) is 25.8 Å². The lowest BCUT2D eigenvalue weighted by molar-refractivity contribution is -0.0500. The molecule has 0 radical (unpaired) electrons. The third-order valence-corrected chi connectivity index (χ3v) is 7.66. The van der Waals surface area contributed by atoms with Crippen molar-refractivity contribution >= 4 is 11.9 Å². The SMILES string of the molecule is C.COc1cc(/C=C2\CCCN3C2=NOC2CN(C)C[C@]23c2cc(F)c(F)c(F)c2)ccc1-n1cnc(C)c1. The summed E-state index contributed by atoms with van der Waals surface area (Å²) in [6, 6.07) is 8.11. The normalized spacial score (nSPS) is 23.5. The highest BCUT2D eigenvalue weighted by Crippen LogP contribution is 2.45. The van der Waals surface area contributed by atoms with E-state index in [9.17, 15) is 13.2 Å². The molecule has 6 rings (SSSR count). The fourth-order valence-electron chi connectivity index (χ4n) is 5.95. The molecule has 10 heteroatoms. The van der Waals surface area contributed by atoms with Crippen LogP contribution in [0, 0.1) is 24.4 Å². The van der Waals surface area contributed by atoms with Crippen LogP contribution in [-0.4, -0.2) is 65.1 Å². The number of imidazole rings is 1. The van der Waals surface area contributed by atoms with E-state index in [1.165, 1.54) is 0 Å². The van der Waals surface area contributed by atoms with Gasteiger partial charge >= 0.3 is 0 Å². The first kappa shape index (κ1) is 26.8. The van der Waals surface area contributed by atoms with Crippen molar-refractivity contribution in [3.63, 3.8) is 0 Å². The Hall–Kier alpha value is -3.79. The van der Waals surface area contributed by atoms with Crippen LogP contribution in [0.5, 0.6) is 5.75 Å². The Morgan fingerprint density at radius 1 is 1.15 bits per heavy atom. The number of amidine groups is 1. The second-order valence-electron chi connectivity index (χ2n) is 10.2. The van der Waals surface area contributed by atoms with E-state index in [0.29, 0.717) is 36.8 Å². The van der Waals surface area contributed by atoms with Gasteiger partial charge in [0.2, 0.25) is 0 Å². The minimum absolute atomic E-state index is 0. The number of ether oxygens (including phenoxy) is 1. The molecule has 1 unspecified atom stereocenters. The van der Waals surface area contributed by atoms with Crippen molar-refractivity contribution in [3.8, 4) is 11.4 Å². The van der Waals surface area contributed by atoms with E-state index in [1.54, 1.807) is 13.4 Å². The molecule has 1 aromatic heterocycles. The first-order valence-electron chi connectivity index (χ1n) is 12.5. The van der Waals surface area contributed by atoms with Crippen molar-refractivity contribution in [1.82, 2.24) is 19.4 Å². The molecule has 2 fully saturated rings. The van der Waals surface area contributed by atoms with E-state index in [1.807, 2.05) is 53.9 Å². The number of piperidine rings is 1. The Balaban J connectivity index is 0.00000308. The number of aromatic nitrogens is 2. The van der Waals surface area contributed by atoms with Gasteiger partial charge in [-0.05, 0) is 73.9 Å². The van der Waals surface area contributed by atoms with Crippen LogP contribution in [0.4, 0.5) is 13.2 Å². The number of fused-ring (bicyclic) bond motifs is 3. The van der Waals surface area contributed by atoms with Gasteiger partial charge in [-0.15, -0.1) is 0 Å². The molecule has 0 saturated carbocycles. The third-order valence-electron chi connectivity index (χ3n) is 7.66. The summed E-state index contributed by atoms with van der Waals surface area (Å²) in [7, 11) is 3.55. The molecule has 39 heavy (non-hydrogen) atoms. The number of hydrogen-bond acceptors (Lipinski definition) is 6. The van der Waals surface area contributed by atoms with Crippen molar-refractivity contribution in [2.45, 2.75) is 38.8 Å². The van der Waals surface area contributed by atoms with Gasteiger partial charge in [0.05, 0.1) is 24.8 Å². The van der Waals surface area contributed by atoms with E-state index in [0.717, 1.165) is 47.5 Å². The van der Waals surface area contributed by atoms with Gasteiger partial charge in [0.25, 0.3) is 0 Å². The number of rotatable bonds is 4. The van der Waals surface area contributed by atoms with Crippen molar-refractivity contribution in [1.29, 1.82) is 0 Å². The highest BCUT2D eigenvalue weighted by Gasteiger charge is 2.57. The number of aryl methyl sites for hydroxylation is 1. The van der Waals surface area contributed by atoms with E-state index in [-0.39, 0.29) is 7.43 Å². The van der Waals surface area contributed by atoms with Crippen LogP contribution in [-0.2, 0) is 10.4 Å². The Labute approximate surface area is 226 Å². The fourth-order valence-corrected chi connectivity index (χ4v) is 5.95. The molecule has 3 aliphatic heterocycles. The summed E-state index contributed by atoms with van der Waals surface area (Å²) in [5.74, 6) is -2.57. The predicted octanol–water partition coefficient (Wildman–Crippen LogP) is 5.28. The molecule has 4 heterocycles. The quantitative estimate of drug-likeness (QED) is 0.423. The summed E-state index contributed by atoms with van der Waals surface area (Å²) in [6.07, 6.45) is 6.83. The molecule has 3 aliphatic rings. The number of nitrogens with zero attached hydrogens (tertiary/aromatic N) is 5. The second kappa shape index (κ2) is 10.1. The monoisotopic (exact) mass is 539 g/mol. The van der Waals surface area contributed by atoms with E-state index in [4.69, 9.17) is 9.57 Å². The Kier molecular flexibility index (Phi) is 6.92. The van der Waals surface area contributed by atoms with Crippen molar-refractivity contribution < 1.29 is 22.7 Å². The average Bonchev–Trinajstić information content (AvgIpc) is 3.49. The molecule has 0 spiro atoms. The van der Waals surface area contributed by atoms with Crippen LogP contribution in [0.15, 0.2) is 53.6 Å². The van der Waals surface area contributed by atoms with Gasteiger partial charge in [-0.1, -0.05) is 18.6 Å². The van der Waals surface area contributed by atoms with Crippen molar-refractivity contribution in [2.75, 3.05) is 33.8 Å². The second-order valence-corrected chi connectivity index (χ2v) is 10.2. The smallest absolute Gasteiger partial charge is 0.194 e. The number of hydrogen-bond donors (Lipinski definition) is 0. The maximum atomic E-state index is 14.4. The number of likely N-dealkylation sites (N-methyl/N-ethyl adjacent to an activating group) is 1. The third kappa shape index (κ3) is 4.36. The van der Waals surface area contributed by atoms with Gasteiger partial charge in [-0.2, -0.15) is 0 Å². The molecule has 0 aliphatic carbocycles. The lowest BCUT2D eigenvalue weighted by atomic mass is 9.81. The largest absolute Gasteiger partial charge is 0.495 e. The molecule has 3 aromatic rings. The van der Waals surface area contributed by atoms with E-state index in [2.05, 4.69) is 15.0 Å². The average molecular weight is 540 g/mol. The molecule has 0 amide bonds. The maximum absolute atomic E-state index is 14.4. The first-order valence-corrected chi connectivity index (χ1v) is 12.5. The van der Waals surface area contributed by atoms with Crippen molar-refractivity contribution in [2.24, 2.45) is 5.16 Å². The molecular formula is C29H32F3N5O2. The van der Waals surface area contributed by atoms with Gasteiger partial charge < -0.3 is 19.0 Å². The first-order chi connectivity index (χ1) is 18.3. The summed E-state index contributed by atoms with van der Waals surface area (Å²) in [6.45, 7) is 3.55. The summed E-state index contributed by atoms with van der Waals surface area (Å²) in [5.41, 5.74) is 3.08. The number of halogens is 3. The van der Waals surface area contributed by atoms with Gasteiger partial charge in [0.1, 0.15) is 11.3 Å². The van der Waals surface area contributed by atoms with Crippen LogP contribution < -0.4 is 4.74 Å². The molecule has 0 N–H and O–H groups in total. The highest BCUT2D eigenvalue weighted by atomic mass is 19.2. The zero-order valence-corrected chi connectivity index (χ0v) is 21.4. The van der Waals surface area contributed by atoms with Crippen LogP contribution in [0.25, 0.3) is 11.8 Å². The van der Waals surface area contributed by atoms with Crippen LogP contribution in [0.1, 0.15) is 37.1 Å². The summed E-state index contributed by atoms with van der Waals surface area (Å²) >= 11 is 0. The molecule has 2 atom stereocenters. The molecule has 206 valence electrons. The molecule has 7 nitrogen and oxygen atoms in total. The Bertz CT molecular complexity index is 1450. The summed E-state index contributed by atoms with van der Waals surface area (Å²) < 4.78 is 50.3. The molecule has 0 bridgehead atoms. The number of methoxy groups -OCH3 is 1. The zero-order chi connectivity index (χ0) is 26.6. The van der Waals surface area contributed by atoms with E-state index >= 15 is 0 Å². The number of benzene rings is 2. The predicted molar refractivity (Wildman–Crippen MR) is 143 cm³/mol. The van der Waals surface area contributed by atoms with Crippen LogP contribution in [0.2, 0.25) is 0 Å². The maximum Gasteiger partial charge on any atom is 0.194 e. The standard InChI is InChI=1S/C28H28F3N5O2.CH4/c1-17-13-35(16-32-17)23-7-6-18(10-24(23)37-3)9-19-5-4-8-36-27(19)33-38-25-14-34(2)15-28(25,36)20-11-21(29)26(31)22(30)12-20;/h6-7,9-13,16,25H,4-5,8,14-15H2,1-3H3;1H4/b19-9+;/t25?,28-;/m0./s1. The summed E-state index contributed by atoms with van der Waals surface area (Å²) in [4.78, 5) is 14.4. The topological polar surface area (TPSA) is 55.1 Å². The molecular weight excluding hydrogens is 507 g/mol. The Morgan fingerprint density at radius 2 is 1.92 bits per heavy atom. The number of likely N-dealkylation sites (tertiary alicyclic amines) is 1. The van der Waals surface area contributed by atoms with Crippen LogP contribution >= 0.6 is 0 Å². The van der Waals surface area contributed by atoms with Gasteiger partial charge in [-0.3, -0.25) is 4.90 Å². The van der Waals surface area contributed by atoms with Crippen molar-refractivity contribution in [3.05, 3.63) is 82.7 Å². The highest BCUT2D eigenvalue weighted by molar-refractivity contribution is 6.03. The van der Waals surface area contributed by atoms with E-state index < -0.39 is 29.1 Å². The lowest BCUT2D eigenvalue weighted by Gasteiger charge is -2.50. The molecule has 2 saturated heterocycles. The Morgan fingerprint density at radius 3 is 2.62 bits per heavy atom. The summed E-state index contributed by atoms with van der Waals surface area (Å²) in [5, 5.41) is 4.49. The fraction of sp³-hybridized carbons (Fsp3) is 0.379. The molecule has 2 aromatic carbocycles. The van der Waals surface area contributed by atoms with Crippen LogP contribution in [0.3, 0.4) is 0 Å². The lowest BCUT2D eigenvalue weighted by Crippen LogP contribution is -2.61. The minimum Gasteiger partial charge on any atom is -0.495 e. The van der Waals surface area contributed by atoms with Gasteiger partial charge in [0.15, 0.2) is 29.4 Å².